The molecule has 0 aromatic heterocycles. The van der Waals surface area contributed by atoms with Gasteiger partial charge in [-0.15, -0.1) is 0 Å². The van der Waals surface area contributed by atoms with E-state index in [2.05, 4.69) is 29.4 Å². The highest BCUT2D eigenvalue weighted by atomic mass is 16.4. The van der Waals surface area contributed by atoms with E-state index in [9.17, 15) is 9.59 Å². The molecule has 2 fully saturated rings. The third-order valence-electron chi connectivity index (χ3n) is 4.98. The molecule has 0 unspecified atom stereocenters. The van der Waals surface area contributed by atoms with Crippen molar-refractivity contribution in [1.29, 1.82) is 0 Å². The summed E-state index contributed by atoms with van der Waals surface area (Å²) in [7, 11) is 0. The number of likely N-dealkylation sites (N-methyl/N-ethyl adjacent to an activating group) is 1. The van der Waals surface area contributed by atoms with Crippen LogP contribution < -0.4 is 10.6 Å². The smallest absolute Gasteiger partial charge is 0.317 e. The molecule has 1 aliphatic carbocycles. The van der Waals surface area contributed by atoms with Crippen LogP contribution in [0.1, 0.15) is 46.5 Å². The van der Waals surface area contributed by atoms with E-state index in [-0.39, 0.29) is 30.2 Å². The summed E-state index contributed by atoms with van der Waals surface area (Å²) in [5, 5.41) is 15.0. The fourth-order valence-electron chi connectivity index (χ4n) is 3.74. The van der Waals surface area contributed by atoms with Gasteiger partial charge in [-0.1, -0.05) is 6.92 Å². The minimum absolute atomic E-state index is 0.0724. The molecule has 2 amide bonds. The van der Waals surface area contributed by atoms with Gasteiger partial charge < -0.3 is 20.6 Å². The lowest BCUT2D eigenvalue weighted by atomic mass is 9.85. The number of rotatable bonds is 8. The van der Waals surface area contributed by atoms with E-state index in [1.54, 1.807) is 0 Å². The van der Waals surface area contributed by atoms with Gasteiger partial charge in [-0.2, -0.15) is 0 Å². The van der Waals surface area contributed by atoms with Crippen LogP contribution in [0.5, 0.6) is 0 Å². The summed E-state index contributed by atoms with van der Waals surface area (Å²) in [5.74, 6) is -0.797. The van der Waals surface area contributed by atoms with Gasteiger partial charge >= 0.3 is 12.0 Å². The van der Waals surface area contributed by atoms with Crippen LogP contribution in [-0.4, -0.2) is 77.3 Å². The highest BCUT2D eigenvalue weighted by Crippen LogP contribution is 2.25. The minimum Gasteiger partial charge on any atom is -0.480 e. The van der Waals surface area contributed by atoms with Crippen LogP contribution in [0.15, 0.2) is 0 Å². The lowest BCUT2D eigenvalue weighted by Gasteiger charge is -2.42. The summed E-state index contributed by atoms with van der Waals surface area (Å²) in [6.45, 7) is 9.98. The SMILES string of the molecule is CCN(CC(=O)O)C1CC(NC(=O)NC(C)(C)CN2CCCC2)C1. The summed E-state index contributed by atoms with van der Waals surface area (Å²) >= 11 is 0. The summed E-state index contributed by atoms with van der Waals surface area (Å²) in [6.07, 6.45) is 4.13. The van der Waals surface area contributed by atoms with Crippen molar-refractivity contribution in [3.63, 3.8) is 0 Å². The van der Waals surface area contributed by atoms with E-state index in [0.717, 1.165) is 39.0 Å². The first-order valence-corrected chi connectivity index (χ1v) is 9.06. The Morgan fingerprint density at radius 2 is 1.88 bits per heavy atom. The molecule has 1 aliphatic heterocycles. The molecule has 3 N–H and O–H groups in total. The Morgan fingerprint density at radius 1 is 1.25 bits per heavy atom. The number of carboxylic acids is 1. The lowest BCUT2D eigenvalue weighted by Crippen LogP contribution is -2.59. The maximum atomic E-state index is 12.2. The first-order valence-electron chi connectivity index (χ1n) is 9.06. The number of hydrogen-bond donors (Lipinski definition) is 3. The number of aliphatic carboxylic acids is 1. The summed E-state index contributed by atoms with van der Waals surface area (Å²) in [6, 6.07) is 0.276. The van der Waals surface area contributed by atoms with E-state index in [0.29, 0.717) is 0 Å². The van der Waals surface area contributed by atoms with Crippen molar-refractivity contribution in [2.45, 2.75) is 64.1 Å². The molecule has 0 bridgehead atoms. The third-order valence-corrected chi connectivity index (χ3v) is 4.98. The summed E-state index contributed by atoms with van der Waals surface area (Å²) in [5.41, 5.74) is -0.254. The Bertz CT molecular complexity index is 443. The highest BCUT2D eigenvalue weighted by Gasteiger charge is 2.35. The Labute approximate surface area is 144 Å². The van der Waals surface area contributed by atoms with Crippen LogP contribution in [0.3, 0.4) is 0 Å². The number of carbonyl (C=O) groups excluding carboxylic acids is 1. The van der Waals surface area contributed by atoms with Crippen molar-refractivity contribution in [1.82, 2.24) is 20.4 Å². The minimum atomic E-state index is -0.797. The van der Waals surface area contributed by atoms with E-state index in [4.69, 9.17) is 5.11 Å². The van der Waals surface area contributed by atoms with Gasteiger partial charge in [0.1, 0.15) is 0 Å². The molecule has 0 aromatic rings. The fourth-order valence-corrected chi connectivity index (χ4v) is 3.74. The van der Waals surface area contributed by atoms with Crippen LogP contribution in [0, 0.1) is 0 Å². The average Bonchev–Trinajstić information content (AvgIpc) is 2.91. The maximum Gasteiger partial charge on any atom is 0.317 e. The first-order chi connectivity index (χ1) is 11.3. The predicted molar refractivity (Wildman–Crippen MR) is 93.1 cm³/mol. The topological polar surface area (TPSA) is 84.9 Å². The molecule has 24 heavy (non-hydrogen) atoms. The Balaban J connectivity index is 1.69. The van der Waals surface area contributed by atoms with Crippen molar-refractivity contribution in [2.24, 2.45) is 0 Å². The maximum absolute atomic E-state index is 12.2. The number of hydrogen-bond acceptors (Lipinski definition) is 4. The molecule has 138 valence electrons. The van der Waals surface area contributed by atoms with Crippen molar-refractivity contribution in [3.05, 3.63) is 0 Å². The number of nitrogens with one attached hydrogen (secondary N) is 2. The molecular weight excluding hydrogens is 308 g/mol. The molecule has 0 radical (unpaired) electrons. The van der Waals surface area contributed by atoms with Gasteiger partial charge in [-0.05, 0) is 59.2 Å². The normalized spacial score (nSPS) is 24.7. The molecule has 2 rings (SSSR count). The number of carboxylic acid groups (broad SMARTS) is 1. The van der Waals surface area contributed by atoms with Gasteiger partial charge in [0.2, 0.25) is 0 Å². The second kappa shape index (κ2) is 8.16. The molecule has 7 nitrogen and oxygen atoms in total. The van der Waals surface area contributed by atoms with Crippen LogP contribution in [0.4, 0.5) is 4.79 Å². The van der Waals surface area contributed by atoms with Gasteiger partial charge in [0.05, 0.1) is 6.54 Å². The van der Waals surface area contributed by atoms with Gasteiger partial charge in [0, 0.05) is 24.2 Å². The van der Waals surface area contributed by atoms with E-state index in [1.165, 1.54) is 12.8 Å². The molecule has 7 heteroatoms. The number of carbonyl (C=O) groups is 2. The molecule has 1 heterocycles. The van der Waals surface area contributed by atoms with Gasteiger partial charge in [-0.3, -0.25) is 9.69 Å². The monoisotopic (exact) mass is 340 g/mol. The van der Waals surface area contributed by atoms with Crippen LogP contribution >= 0.6 is 0 Å². The first kappa shape index (κ1) is 19.0. The molecule has 0 atom stereocenters. The van der Waals surface area contributed by atoms with Gasteiger partial charge in [0.15, 0.2) is 0 Å². The molecule has 1 saturated heterocycles. The standard InChI is InChI=1S/C17H32N4O3/c1-4-21(11-15(22)23)14-9-13(10-14)18-16(24)19-17(2,3)12-20-7-5-6-8-20/h13-14H,4-12H2,1-3H3,(H,22,23)(H2,18,19,24). The van der Waals surface area contributed by atoms with Crippen molar-refractivity contribution < 1.29 is 14.7 Å². The molecule has 1 saturated carbocycles. The quantitative estimate of drug-likeness (QED) is 0.616. The average molecular weight is 340 g/mol. The molecule has 2 aliphatic rings. The summed E-state index contributed by atoms with van der Waals surface area (Å²) in [4.78, 5) is 27.4. The number of likely N-dealkylation sites (tertiary alicyclic amines) is 1. The Hall–Kier alpha value is -1.34. The van der Waals surface area contributed by atoms with Crippen molar-refractivity contribution in [2.75, 3.05) is 32.7 Å². The van der Waals surface area contributed by atoms with Gasteiger partial charge in [0.25, 0.3) is 0 Å². The van der Waals surface area contributed by atoms with E-state index in [1.807, 2.05) is 11.8 Å². The van der Waals surface area contributed by atoms with E-state index < -0.39 is 5.97 Å². The Morgan fingerprint density at radius 3 is 2.42 bits per heavy atom. The lowest BCUT2D eigenvalue weighted by molar-refractivity contribution is -0.139. The largest absolute Gasteiger partial charge is 0.480 e. The molecule has 0 spiro atoms. The zero-order chi connectivity index (χ0) is 17.7. The van der Waals surface area contributed by atoms with Crippen LogP contribution in [0.25, 0.3) is 0 Å². The predicted octanol–water partition coefficient (Wildman–Crippen LogP) is 1.10. The number of amides is 2. The zero-order valence-corrected chi connectivity index (χ0v) is 15.2. The number of nitrogens with zero attached hydrogens (tertiary/aromatic N) is 2. The van der Waals surface area contributed by atoms with E-state index >= 15 is 0 Å². The fraction of sp³-hybridized carbons (Fsp3) is 0.882. The Kier molecular flexibility index (Phi) is 6.46. The van der Waals surface area contributed by atoms with Crippen molar-refractivity contribution >= 4 is 12.0 Å². The van der Waals surface area contributed by atoms with Gasteiger partial charge in [-0.25, -0.2) is 4.79 Å². The zero-order valence-electron chi connectivity index (χ0n) is 15.2. The third kappa shape index (κ3) is 5.63. The molecule has 0 aromatic carbocycles. The second-order valence-corrected chi connectivity index (χ2v) is 7.74. The second-order valence-electron chi connectivity index (χ2n) is 7.74. The van der Waals surface area contributed by atoms with Crippen LogP contribution in [0.2, 0.25) is 0 Å². The highest BCUT2D eigenvalue weighted by molar-refractivity contribution is 5.75. The summed E-state index contributed by atoms with van der Waals surface area (Å²) < 4.78 is 0. The van der Waals surface area contributed by atoms with Crippen LogP contribution in [-0.2, 0) is 4.79 Å². The number of urea groups is 1. The van der Waals surface area contributed by atoms with Crippen molar-refractivity contribution in [3.8, 4) is 0 Å². The molecular formula is C17H32N4O3.